The van der Waals surface area contributed by atoms with E-state index < -0.39 is 18.7 Å². The molecule has 0 aliphatic heterocycles. The molecule has 0 aromatic heterocycles. The van der Waals surface area contributed by atoms with Gasteiger partial charge in [0.1, 0.15) is 0 Å². The number of aliphatic hydroxyl groups is 4. The van der Waals surface area contributed by atoms with Crippen LogP contribution in [0.15, 0.2) is 0 Å². The summed E-state index contributed by atoms with van der Waals surface area (Å²) in [4.78, 5) is 0. The Morgan fingerprint density at radius 1 is 1.11 bits per heavy atom. The summed E-state index contributed by atoms with van der Waals surface area (Å²) in [7, 11) is 0. The van der Waals surface area contributed by atoms with Gasteiger partial charge in [-0.25, -0.2) is 0 Å². The zero-order valence-corrected chi connectivity index (χ0v) is 5.99. The molecule has 5 nitrogen and oxygen atoms in total. The SMILES string of the molecule is OC(O)C(O)C(O)[O][Ti]. The summed E-state index contributed by atoms with van der Waals surface area (Å²) in [6.07, 6.45) is -5.19. The Labute approximate surface area is 63.8 Å². The molecule has 53 valence electrons. The van der Waals surface area contributed by atoms with E-state index in [1.807, 2.05) is 0 Å². The Kier molecular flexibility index (Phi) is 4.60. The summed E-state index contributed by atoms with van der Waals surface area (Å²) in [6, 6.07) is 0. The second-order valence-electron chi connectivity index (χ2n) is 1.41. The number of hydrogen-bond acceptors (Lipinski definition) is 5. The van der Waals surface area contributed by atoms with Gasteiger partial charge in [-0.15, -0.1) is 0 Å². The molecule has 0 spiro atoms. The van der Waals surface area contributed by atoms with E-state index in [0.29, 0.717) is 0 Å². The Balaban J connectivity index is 3.58. The van der Waals surface area contributed by atoms with Gasteiger partial charge in [-0.2, -0.15) is 0 Å². The van der Waals surface area contributed by atoms with Gasteiger partial charge in [-0.1, -0.05) is 0 Å². The third kappa shape index (κ3) is 3.27. The molecule has 0 amide bonds. The fourth-order valence-corrected chi connectivity index (χ4v) is 0.435. The van der Waals surface area contributed by atoms with E-state index in [-0.39, 0.29) is 0 Å². The molecule has 0 radical (unpaired) electrons. The predicted molar refractivity (Wildman–Crippen MR) is 21.3 cm³/mol. The third-order valence-corrected chi connectivity index (χ3v) is 1.10. The number of hydrogen-bond donors (Lipinski definition) is 4. The molecule has 0 rings (SSSR count). The minimum absolute atomic E-state index is 1.14. The second-order valence-corrected chi connectivity index (χ2v) is 1.78. The standard InChI is InChI=1S/C3H7O5.Ti/c4-1(2(5)6)3(7)8;/h1-7H;/q-1;+1. The van der Waals surface area contributed by atoms with Crippen LogP contribution in [0.25, 0.3) is 0 Å². The van der Waals surface area contributed by atoms with Crippen molar-refractivity contribution in [3.63, 3.8) is 0 Å². The van der Waals surface area contributed by atoms with E-state index in [9.17, 15) is 0 Å². The molecule has 4 N–H and O–H groups in total. The molecule has 0 saturated heterocycles. The van der Waals surface area contributed by atoms with Crippen LogP contribution in [0.3, 0.4) is 0 Å². The van der Waals surface area contributed by atoms with Gasteiger partial charge >= 0.3 is 63.3 Å². The molecule has 0 aliphatic carbocycles. The van der Waals surface area contributed by atoms with E-state index in [1.54, 1.807) is 0 Å². The van der Waals surface area contributed by atoms with Crippen LogP contribution in [0.1, 0.15) is 0 Å². The first-order chi connectivity index (χ1) is 4.09. The van der Waals surface area contributed by atoms with Crippen molar-refractivity contribution >= 4 is 0 Å². The Hall–Kier alpha value is 0.514. The summed E-state index contributed by atoms with van der Waals surface area (Å²) in [5.74, 6) is 0. The molecule has 0 heterocycles. The van der Waals surface area contributed by atoms with Gasteiger partial charge in [0.25, 0.3) is 0 Å². The molecule has 6 heteroatoms. The molecule has 0 saturated carbocycles. The zero-order chi connectivity index (χ0) is 7.44. The van der Waals surface area contributed by atoms with Crippen LogP contribution >= 0.6 is 0 Å². The molecule has 2 atom stereocenters. The Bertz CT molecular complexity index is 76.6. The van der Waals surface area contributed by atoms with Crippen LogP contribution in [0.2, 0.25) is 0 Å². The van der Waals surface area contributed by atoms with Gasteiger partial charge in [-0.05, 0) is 0 Å². The second kappa shape index (κ2) is 4.35. The van der Waals surface area contributed by atoms with E-state index >= 15 is 0 Å². The summed E-state index contributed by atoms with van der Waals surface area (Å²) in [5.41, 5.74) is 0. The van der Waals surface area contributed by atoms with Gasteiger partial charge < -0.3 is 0 Å². The molecule has 0 bridgehead atoms. The fraction of sp³-hybridized carbons (Fsp3) is 1.00. The Morgan fingerprint density at radius 2 is 1.56 bits per heavy atom. The molecule has 0 aromatic rings. The maximum absolute atomic E-state index is 8.52. The first-order valence-corrected chi connectivity index (χ1v) is 2.78. The van der Waals surface area contributed by atoms with Crippen LogP contribution in [0, 0.1) is 0 Å². The zero-order valence-electron chi connectivity index (χ0n) is 4.43. The average molecular weight is 171 g/mol. The van der Waals surface area contributed by atoms with Gasteiger partial charge in [0.15, 0.2) is 0 Å². The fourth-order valence-electron chi connectivity index (χ4n) is 0.217. The summed E-state index contributed by atoms with van der Waals surface area (Å²) >= 11 is 1.14. The van der Waals surface area contributed by atoms with E-state index in [1.165, 1.54) is 0 Å². The first-order valence-electron chi connectivity index (χ1n) is 2.14. The summed E-state index contributed by atoms with van der Waals surface area (Å²) < 4.78 is 4.16. The summed E-state index contributed by atoms with van der Waals surface area (Å²) in [6.45, 7) is 0. The molecule has 0 fully saturated rings. The van der Waals surface area contributed by atoms with Crippen molar-refractivity contribution in [2.75, 3.05) is 0 Å². The van der Waals surface area contributed by atoms with Crippen molar-refractivity contribution in [1.29, 1.82) is 0 Å². The van der Waals surface area contributed by atoms with Crippen LogP contribution in [0.5, 0.6) is 0 Å². The van der Waals surface area contributed by atoms with Crippen LogP contribution < -0.4 is 0 Å². The summed E-state index contributed by atoms with van der Waals surface area (Å²) in [5, 5.41) is 33.4. The molecule has 0 aliphatic rings. The number of aliphatic hydroxyl groups excluding tert-OH is 3. The van der Waals surface area contributed by atoms with E-state index in [4.69, 9.17) is 20.4 Å². The van der Waals surface area contributed by atoms with Crippen molar-refractivity contribution in [3.8, 4) is 0 Å². The third-order valence-electron chi connectivity index (χ3n) is 0.718. The van der Waals surface area contributed by atoms with Crippen LogP contribution in [-0.2, 0) is 24.1 Å². The van der Waals surface area contributed by atoms with Crippen LogP contribution in [0.4, 0.5) is 0 Å². The van der Waals surface area contributed by atoms with Crippen molar-refractivity contribution in [2.45, 2.75) is 18.7 Å². The van der Waals surface area contributed by atoms with E-state index in [0.717, 1.165) is 20.8 Å². The average Bonchev–Trinajstić information content (AvgIpc) is 1.84. The van der Waals surface area contributed by atoms with Crippen molar-refractivity contribution in [3.05, 3.63) is 0 Å². The maximum atomic E-state index is 8.52. The van der Waals surface area contributed by atoms with Gasteiger partial charge in [0.2, 0.25) is 0 Å². The first kappa shape index (κ1) is 9.51. The topological polar surface area (TPSA) is 90.2 Å². The molecular weight excluding hydrogens is 164 g/mol. The normalized spacial score (nSPS) is 17.8. The van der Waals surface area contributed by atoms with Gasteiger partial charge in [0, 0.05) is 0 Å². The number of rotatable bonds is 3. The van der Waals surface area contributed by atoms with Crippen molar-refractivity contribution < 1.29 is 44.6 Å². The van der Waals surface area contributed by atoms with Gasteiger partial charge in [-0.3, -0.25) is 0 Å². The van der Waals surface area contributed by atoms with E-state index in [2.05, 4.69) is 3.32 Å². The van der Waals surface area contributed by atoms with Crippen molar-refractivity contribution in [2.24, 2.45) is 0 Å². The minimum atomic E-state index is -1.97. The monoisotopic (exact) mass is 171 g/mol. The molecule has 0 aromatic carbocycles. The van der Waals surface area contributed by atoms with Crippen LogP contribution in [-0.4, -0.2) is 39.1 Å². The van der Waals surface area contributed by atoms with Crippen molar-refractivity contribution in [1.82, 2.24) is 0 Å². The predicted octanol–water partition coefficient (Wildman–Crippen LogP) is -2.55. The molecular formula is C3H7O5Ti. The quantitative estimate of drug-likeness (QED) is 0.277. The van der Waals surface area contributed by atoms with Gasteiger partial charge in [0.05, 0.1) is 0 Å². The Morgan fingerprint density at radius 3 is 1.67 bits per heavy atom. The molecule has 9 heavy (non-hydrogen) atoms. The molecule has 2 unspecified atom stereocenters.